The zero-order valence-electron chi connectivity index (χ0n) is 5.73. The molecule has 0 aliphatic rings. The van der Waals surface area contributed by atoms with Crippen LogP contribution in [0.25, 0.3) is 0 Å². The Labute approximate surface area is 65.3 Å². The quantitative estimate of drug-likeness (QED) is 0.386. The summed E-state index contributed by atoms with van der Waals surface area (Å²) < 4.78 is 0. The number of alkyl halides is 1. The average Bonchev–Trinajstić information content (AvgIpc) is 1.80. The number of unbranched alkanes of at least 4 members (excludes halogenated alkanes) is 1. The largest absolute Gasteiger partial charge is 0.437 e. The predicted octanol–water partition coefficient (Wildman–Crippen LogP) is 0.861. The molecule has 0 heterocycles. The van der Waals surface area contributed by atoms with Crippen LogP contribution < -0.4 is 5.23 Å². The Kier molecular flexibility index (Phi) is 6.92. The summed E-state index contributed by atoms with van der Waals surface area (Å²) in [5.74, 6) is 0. The maximum atomic E-state index is 8.73. The lowest BCUT2D eigenvalue weighted by molar-refractivity contribution is 0.550. The third-order valence-electron chi connectivity index (χ3n) is 1.00. The summed E-state index contributed by atoms with van der Waals surface area (Å²) in [5.41, 5.74) is 0. The number of halogens is 1. The number of nitrogens with one attached hydrogen (secondary N) is 1. The van der Waals surface area contributed by atoms with Crippen LogP contribution in [0.1, 0.15) is 12.8 Å². The first-order valence-electron chi connectivity index (χ1n) is 3.25. The molecule has 0 fully saturated rings. The molecule has 0 unspecified atom stereocenters. The average molecular weight is 194 g/mol. The Bertz CT molecular complexity index is 62.9. The molecule has 0 saturated heterocycles. The highest BCUT2D eigenvalue weighted by atomic mass is 79.9. The molecule has 0 bridgehead atoms. The van der Waals surface area contributed by atoms with Crippen molar-refractivity contribution in [2.45, 2.75) is 19.7 Å². The van der Waals surface area contributed by atoms with Gasteiger partial charge in [-0.05, 0) is 26.2 Å². The first-order chi connectivity index (χ1) is 4.27. The third kappa shape index (κ3) is 8.46. The lowest BCUT2D eigenvalue weighted by Crippen LogP contribution is -2.31. The molecule has 0 radical (unpaired) electrons. The molecule has 0 aromatic heterocycles. The Morgan fingerprint density at radius 1 is 1.56 bits per heavy atom. The van der Waals surface area contributed by atoms with Gasteiger partial charge < -0.3 is 10.3 Å². The highest BCUT2D eigenvalue weighted by molar-refractivity contribution is 9.09. The van der Waals surface area contributed by atoms with Crippen LogP contribution >= 0.6 is 15.9 Å². The van der Waals surface area contributed by atoms with Gasteiger partial charge in [-0.15, -0.1) is 0 Å². The zero-order chi connectivity index (χ0) is 7.11. The van der Waals surface area contributed by atoms with E-state index in [1.807, 2.05) is 0 Å². The molecule has 2 N–H and O–H groups in total. The third-order valence-corrected chi connectivity index (χ3v) is 1.56. The highest BCUT2D eigenvalue weighted by Gasteiger charge is 1.97. The van der Waals surface area contributed by atoms with Crippen molar-refractivity contribution >= 4 is 23.0 Å². The summed E-state index contributed by atoms with van der Waals surface area (Å²) in [6, 6.07) is 0. The molecule has 4 heteroatoms. The predicted molar refractivity (Wildman–Crippen MR) is 44.9 cm³/mol. The van der Waals surface area contributed by atoms with Gasteiger partial charge in [-0.1, -0.05) is 15.9 Å². The van der Waals surface area contributed by atoms with Gasteiger partial charge in [0.2, 0.25) is 0 Å². The molecule has 0 saturated carbocycles. The van der Waals surface area contributed by atoms with Crippen molar-refractivity contribution in [1.82, 2.24) is 5.23 Å². The second kappa shape index (κ2) is 6.58. The van der Waals surface area contributed by atoms with E-state index < -0.39 is 0 Å². The summed E-state index contributed by atoms with van der Waals surface area (Å²) in [6.45, 7) is 2.64. The van der Waals surface area contributed by atoms with Gasteiger partial charge in [0.25, 0.3) is 0 Å². The van der Waals surface area contributed by atoms with Crippen molar-refractivity contribution < 1.29 is 5.02 Å². The first-order valence-corrected chi connectivity index (χ1v) is 4.37. The minimum atomic E-state index is -0.361. The van der Waals surface area contributed by atoms with Crippen LogP contribution in [0.5, 0.6) is 0 Å². The van der Waals surface area contributed by atoms with Crippen LogP contribution in [0.4, 0.5) is 0 Å². The first kappa shape index (κ1) is 9.46. The molecule has 54 valence electrons. The molecule has 0 aromatic carbocycles. The van der Waals surface area contributed by atoms with Crippen LogP contribution in [0.15, 0.2) is 0 Å². The van der Waals surface area contributed by atoms with Crippen molar-refractivity contribution in [2.24, 2.45) is 0 Å². The second-order valence-electron chi connectivity index (χ2n) is 2.03. The van der Waals surface area contributed by atoms with Crippen molar-refractivity contribution in [3.8, 4) is 0 Å². The zero-order valence-corrected chi connectivity index (χ0v) is 7.32. The minimum Gasteiger partial charge on any atom is -0.437 e. The monoisotopic (exact) mass is 193 g/mol. The topological polar surface area (TPSA) is 32.3 Å². The number of rotatable bonds is 5. The molecule has 0 rings (SSSR count). The Hall–Kier alpha value is 0.465. The Balaban J connectivity index is 2.75. The van der Waals surface area contributed by atoms with Gasteiger partial charge in [0.15, 0.2) is 0 Å². The fourth-order valence-electron chi connectivity index (χ4n) is 0.530. The molecule has 0 aliphatic heterocycles. The summed E-state index contributed by atoms with van der Waals surface area (Å²) in [5, 5.41) is 12.7. The van der Waals surface area contributed by atoms with Crippen LogP contribution in [0, 0.1) is 0 Å². The van der Waals surface area contributed by atoms with Crippen LogP contribution in [-0.2, 0) is 0 Å². The van der Waals surface area contributed by atoms with E-state index in [1.54, 1.807) is 6.82 Å². The van der Waals surface area contributed by atoms with Crippen LogP contribution in [0.2, 0.25) is 6.82 Å². The van der Waals surface area contributed by atoms with Gasteiger partial charge >= 0.3 is 7.05 Å². The van der Waals surface area contributed by atoms with E-state index in [2.05, 4.69) is 21.2 Å². The van der Waals surface area contributed by atoms with Gasteiger partial charge in [0.1, 0.15) is 0 Å². The summed E-state index contributed by atoms with van der Waals surface area (Å²) in [7, 11) is -0.361. The molecule has 0 aromatic rings. The van der Waals surface area contributed by atoms with Crippen molar-refractivity contribution in [1.29, 1.82) is 0 Å². The molecule has 0 amide bonds. The molecule has 0 atom stereocenters. The van der Waals surface area contributed by atoms with Gasteiger partial charge in [-0.2, -0.15) is 0 Å². The standard InChI is InChI=1S/C5H13BBrNO/c1-6(9)8-5-3-2-4-7/h8-9H,2-5H2,1H3. The highest BCUT2D eigenvalue weighted by Crippen LogP contribution is 1.91. The fraction of sp³-hybridized carbons (Fsp3) is 1.00. The maximum Gasteiger partial charge on any atom is 0.373 e. The second-order valence-corrected chi connectivity index (χ2v) is 2.82. The van der Waals surface area contributed by atoms with E-state index in [0.717, 1.165) is 18.3 Å². The van der Waals surface area contributed by atoms with Crippen molar-refractivity contribution in [2.75, 3.05) is 11.9 Å². The van der Waals surface area contributed by atoms with E-state index >= 15 is 0 Å². The Morgan fingerprint density at radius 3 is 2.67 bits per heavy atom. The van der Waals surface area contributed by atoms with Gasteiger partial charge in [0.05, 0.1) is 0 Å². The molecule has 2 nitrogen and oxygen atoms in total. The SMILES string of the molecule is CB(O)NCCCCBr. The van der Waals surface area contributed by atoms with E-state index in [4.69, 9.17) is 5.02 Å². The summed E-state index contributed by atoms with van der Waals surface area (Å²) in [6.07, 6.45) is 2.29. The molecule has 0 spiro atoms. The maximum absolute atomic E-state index is 8.73. The van der Waals surface area contributed by atoms with Crippen molar-refractivity contribution in [3.05, 3.63) is 0 Å². The lowest BCUT2D eigenvalue weighted by Gasteiger charge is -2.01. The van der Waals surface area contributed by atoms with E-state index in [-0.39, 0.29) is 7.05 Å². The normalized spacial score (nSPS) is 9.67. The van der Waals surface area contributed by atoms with Gasteiger partial charge in [-0.25, -0.2) is 0 Å². The van der Waals surface area contributed by atoms with E-state index in [9.17, 15) is 0 Å². The number of hydrogen-bond acceptors (Lipinski definition) is 2. The summed E-state index contributed by atoms with van der Waals surface area (Å²) in [4.78, 5) is 0. The smallest absolute Gasteiger partial charge is 0.373 e. The van der Waals surface area contributed by atoms with Gasteiger partial charge in [-0.3, -0.25) is 0 Å². The lowest BCUT2D eigenvalue weighted by atomic mass is 9.89. The minimum absolute atomic E-state index is 0.361. The van der Waals surface area contributed by atoms with E-state index in [0.29, 0.717) is 0 Å². The molecule has 0 aliphatic carbocycles. The van der Waals surface area contributed by atoms with Crippen LogP contribution in [0.3, 0.4) is 0 Å². The Morgan fingerprint density at radius 2 is 2.22 bits per heavy atom. The molecular formula is C5H13BBrNO. The van der Waals surface area contributed by atoms with E-state index in [1.165, 1.54) is 6.42 Å². The molecular weight excluding hydrogens is 181 g/mol. The van der Waals surface area contributed by atoms with Crippen LogP contribution in [-0.4, -0.2) is 23.9 Å². The molecule has 9 heavy (non-hydrogen) atoms. The summed E-state index contributed by atoms with van der Waals surface area (Å²) >= 11 is 3.33. The van der Waals surface area contributed by atoms with Gasteiger partial charge in [0, 0.05) is 5.33 Å². The number of hydrogen-bond donors (Lipinski definition) is 2. The fourth-order valence-corrected chi connectivity index (χ4v) is 0.927. The van der Waals surface area contributed by atoms with Crippen molar-refractivity contribution in [3.63, 3.8) is 0 Å².